The fourth-order valence-corrected chi connectivity index (χ4v) is 1.81. The molecule has 0 amide bonds. The lowest BCUT2D eigenvalue weighted by atomic mass is 9.99. The van der Waals surface area contributed by atoms with Gasteiger partial charge in [0.2, 0.25) is 0 Å². The molecule has 22 heavy (non-hydrogen) atoms. The molecule has 0 heterocycles. The Kier molecular flexibility index (Phi) is 5.80. The lowest BCUT2D eigenvalue weighted by Crippen LogP contribution is -2.32. The second-order valence-corrected chi connectivity index (χ2v) is 3.97. The van der Waals surface area contributed by atoms with E-state index < -0.39 is 52.4 Å². The molecule has 1 aromatic rings. The van der Waals surface area contributed by atoms with Crippen molar-refractivity contribution in [2.75, 3.05) is 27.7 Å². The van der Waals surface area contributed by atoms with Crippen LogP contribution in [0.5, 0.6) is 0 Å². The van der Waals surface area contributed by atoms with E-state index >= 15 is 0 Å². The number of carbonyl (C=O) groups is 1. The van der Waals surface area contributed by atoms with E-state index in [1.54, 1.807) is 0 Å². The molecule has 124 valence electrons. The van der Waals surface area contributed by atoms with Gasteiger partial charge < -0.3 is 10.8 Å². The Morgan fingerprint density at radius 3 is 1.45 bits per heavy atom. The van der Waals surface area contributed by atoms with E-state index in [0.29, 0.717) is 0 Å². The van der Waals surface area contributed by atoms with Crippen LogP contribution in [0.4, 0.5) is 50.8 Å². The molecule has 0 unspecified atom stereocenters. The van der Waals surface area contributed by atoms with E-state index in [1.807, 2.05) is 0 Å². The molecule has 0 radical (unpaired) electrons. The lowest BCUT2D eigenvalue weighted by molar-refractivity contribution is -0.138. The molecule has 8 N–H and O–H groups in total. The molecular weight excluding hydrogens is 319 g/mol. The number of carboxylic acid groups (broad SMARTS) is 1. The van der Waals surface area contributed by atoms with Crippen LogP contribution in [-0.2, 0) is 11.2 Å². The smallest absolute Gasteiger partial charge is 0.320 e. The van der Waals surface area contributed by atoms with Gasteiger partial charge in [-0.15, -0.1) is 22.4 Å². The quantitative estimate of drug-likeness (QED) is 0.286. The number of hydrogen-bond donors (Lipinski definition) is 7. The van der Waals surface area contributed by atoms with Crippen molar-refractivity contribution >= 4 is 34.4 Å². The maximum atomic E-state index is 12.9. The van der Waals surface area contributed by atoms with Crippen LogP contribution in [0.1, 0.15) is 5.56 Å². The Morgan fingerprint density at radius 2 is 1.18 bits per heavy atom. The zero-order valence-corrected chi connectivity index (χ0v) is 10.6. The predicted octanol–water partition coefficient (Wildman–Crippen LogP) is 2.12. The number of benzene rings is 1. The van der Waals surface area contributed by atoms with Gasteiger partial charge in [-0.3, -0.25) is 4.79 Å². The Morgan fingerprint density at radius 1 is 0.864 bits per heavy atom. The molecule has 0 aliphatic carbocycles. The first-order chi connectivity index (χ1) is 10.5. The summed E-state index contributed by atoms with van der Waals surface area (Å²) in [5, 5.41) is 8.72. The van der Waals surface area contributed by atoms with Crippen LogP contribution < -0.4 is 33.4 Å². The van der Waals surface area contributed by atoms with Crippen LogP contribution in [0.15, 0.2) is 0 Å². The summed E-state index contributed by atoms with van der Waals surface area (Å²) in [5.74, 6) is -1.54. The summed E-state index contributed by atoms with van der Waals surface area (Å²) < 4.78 is 64.0. The molecule has 1 aromatic carbocycles. The van der Waals surface area contributed by atoms with E-state index in [2.05, 4.69) is 0 Å². The van der Waals surface area contributed by atoms with Crippen LogP contribution in [0.2, 0.25) is 0 Å². The van der Waals surface area contributed by atoms with Crippen LogP contribution in [0.3, 0.4) is 0 Å². The number of hydrogen-bond acceptors (Lipinski definition) is 7. The van der Waals surface area contributed by atoms with Crippen LogP contribution >= 0.6 is 0 Å². The van der Waals surface area contributed by atoms with Crippen LogP contribution in [0, 0.1) is 0 Å². The van der Waals surface area contributed by atoms with Gasteiger partial charge in [0.1, 0.15) is 23.1 Å². The van der Waals surface area contributed by atoms with Gasteiger partial charge in [-0.1, -0.05) is 0 Å². The highest BCUT2D eigenvalue weighted by Gasteiger charge is 2.28. The predicted molar refractivity (Wildman–Crippen MR) is 69.4 cm³/mol. The summed E-state index contributed by atoms with van der Waals surface area (Å²) in [7, 11) is 0. The minimum Gasteiger partial charge on any atom is -0.480 e. The zero-order valence-electron chi connectivity index (χ0n) is 10.6. The first-order valence-corrected chi connectivity index (χ1v) is 5.51. The summed E-state index contributed by atoms with van der Waals surface area (Å²) in [6.07, 6.45) is -0.732. The summed E-state index contributed by atoms with van der Waals surface area (Å²) >= 11 is 0. The number of nitrogens with one attached hydrogen (secondary N) is 5. The second-order valence-electron chi connectivity index (χ2n) is 3.97. The molecule has 1 rings (SSSR count). The van der Waals surface area contributed by atoms with Crippen molar-refractivity contribution < 1.29 is 32.3 Å². The molecule has 0 aromatic heterocycles. The molecule has 0 aliphatic rings. The van der Waals surface area contributed by atoms with Crippen molar-refractivity contribution in [2.24, 2.45) is 5.73 Å². The van der Waals surface area contributed by atoms with Crippen molar-refractivity contribution in [2.45, 2.75) is 12.5 Å². The van der Waals surface area contributed by atoms with Gasteiger partial charge >= 0.3 is 5.97 Å². The third kappa shape index (κ3) is 2.98. The normalized spacial score (nSPS) is 11.5. The van der Waals surface area contributed by atoms with Crippen LogP contribution in [-0.4, -0.2) is 17.1 Å². The van der Waals surface area contributed by atoms with Gasteiger partial charge in [-0.05, 0) is 0 Å². The number of anilines is 5. The van der Waals surface area contributed by atoms with Gasteiger partial charge in [-0.25, -0.2) is 27.7 Å². The summed E-state index contributed by atoms with van der Waals surface area (Å²) in [6, 6.07) is -1.65. The summed E-state index contributed by atoms with van der Waals surface area (Å²) in [6.45, 7) is 0. The fraction of sp³-hybridized carbons (Fsp3) is 0.222. The van der Waals surface area contributed by atoms with Crippen molar-refractivity contribution in [1.29, 1.82) is 0 Å². The molecule has 0 saturated carbocycles. The second kappa shape index (κ2) is 7.35. The van der Waals surface area contributed by atoms with Gasteiger partial charge in [0, 0.05) is 12.0 Å². The third-order valence-electron chi connectivity index (χ3n) is 2.82. The van der Waals surface area contributed by atoms with Crippen LogP contribution in [0.25, 0.3) is 0 Å². The Balaban J connectivity index is 3.67. The monoisotopic (exact) mass is 330 g/mol. The molecule has 0 aliphatic heterocycles. The third-order valence-corrected chi connectivity index (χ3v) is 2.82. The SMILES string of the molecule is N[C@@H](Cc1c(NF)c(NF)c(NF)c(NF)c1NF)C(=O)O. The minimum atomic E-state index is -1.65. The number of nitrogens with two attached hydrogens (primary N) is 1. The van der Waals surface area contributed by atoms with E-state index in [0.717, 1.165) is 27.7 Å². The average Bonchev–Trinajstić information content (AvgIpc) is 2.52. The minimum absolute atomic E-state index is 0.584. The Hall–Kier alpha value is -2.70. The van der Waals surface area contributed by atoms with Gasteiger partial charge in [0.05, 0.1) is 11.4 Å². The molecule has 8 nitrogen and oxygen atoms in total. The maximum Gasteiger partial charge on any atom is 0.320 e. The highest BCUT2D eigenvalue weighted by molar-refractivity contribution is 6.00. The highest BCUT2D eigenvalue weighted by atomic mass is 19.2. The molecule has 1 atom stereocenters. The number of halogens is 5. The van der Waals surface area contributed by atoms with E-state index in [9.17, 15) is 27.2 Å². The Labute approximate surface area is 119 Å². The number of rotatable bonds is 8. The molecule has 13 heteroatoms. The molecular formula is C9H11F5N6O2. The zero-order chi connectivity index (χ0) is 16.9. The van der Waals surface area contributed by atoms with Gasteiger partial charge in [0.25, 0.3) is 0 Å². The lowest BCUT2D eigenvalue weighted by Gasteiger charge is -2.21. The molecule has 0 spiro atoms. The number of aliphatic carboxylic acids is 1. The van der Waals surface area contributed by atoms with Crippen molar-refractivity contribution in [3.05, 3.63) is 5.56 Å². The molecule has 0 bridgehead atoms. The highest BCUT2D eigenvalue weighted by Crippen LogP contribution is 2.47. The standard InChI is InChI=1S/C9H11F5N6O2/c10-16-4-2(1-3(15)9(21)22)5(17-11)7(19-13)8(20-14)6(4)18-12/h3,16-20H,1,15H2,(H,21,22)/t3-/m0/s1. The largest absolute Gasteiger partial charge is 0.480 e. The average molecular weight is 330 g/mol. The van der Waals surface area contributed by atoms with Gasteiger partial charge in [0.15, 0.2) is 0 Å². The molecule has 0 saturated heterocycles. The van der Waals surface area contributed by atoms with E-state index in [1.165, 1.54) is 0 Å². The van der Waals surface area contributed by atoms with Crippen molar-refractivity contribution in [3.63, 3.8) is 0 Å². The first kappa shape index (κ1) is 17.4. The maximum absolute atomic E-state index is 12.9. The molecule has 0 fully saturated rings. The number of carboxylic acids is 1. The fourth-order valence-electron chi connectivity index (χ4n) is 1.81. The summed E-state index contributed by atoms with van der Waals surface area (Å²) in [4.78, 5) is 10.7. The van der Waals surface area contributed by atoms with Gasteiger partial charge in [-0.2, -0.15) is 0 Å². The van der Waals surface area contributed by atoms with Crippen molar-refractivity contribution in [3.8, 4) is 0 Å². The van der Waals surface area contributed by atoms with E-state index in [4.69, 9.17) is 10.8 Å². The first-order valence-electron chi connectivity index (χ1n) is 5.51. The summed E-state index contributed by atoms with van der Waals surface area (Å²) in [5.41, 5.74) is 4.44. The van der Waals surface area contributed by atoms with E-state index in [-0.39, 0.29) is 0 Å². The van der Waals surface area contributed by atoms with Crippen molar-refractivity contribution in [1.82, 2.24) is 0 Å². The Bertz CT molecular complexity index is 527. The topological polar surface area (TPSA) is 123 Å².